The Labute approximate surface area is 144 Å². The second-order valence-corrected chi connectivity index (χ2v) is 6.47. The first-order valence-corrected chi connectivity index (χ1v) is 8.27. The zero-order valence-electron chi connectivity index (χ0n) is 13.4. The normalized spacial score (nSPS) is 10.4. The molecule has 3 heterocycles. The number of thiazole rings is 1. The fourth-order valence-corrected chi connectivity index (χ4v) is 3.01. The minimum absolute atomic E-state index is 0.237. The van der Waals surface area contributed by atoms with Crippen molar-refractivity contribution < 1.29 is 4.79 Å². The van der Waals surface area contributed by atoms with Crippen LogP contribution in [0.5, 0.6) is 0 Å². The number of amides is 1. The maximum Gasteiger partial charge on any atom is 0.277 e. The lowest BCUT2D eigenvalue weighted by Crippen LogP contribution is -2.15. The average molecular weight is 339 g/mol. The Morgan fingerprint density at radius 2 is 2.12 bits per heavy atom. The minimum Gasteiger partial charge on any atom is -0.371 e. The fraction of sp³-hybridized carbons (Fsp3) is 0.176. The fourth-order valence-electron chi connectivity index (χ4n) is 2.20. The Hall–Kier alpha value is -2.80. The van der Waals surface area contributed by atoms with E-state index in [4.69, 9.17) is 0 Å². The van der Waals surface area contributed by atoms with Gasteiger partial charge in [-0.3, -0.25) is 14.8 Å². The monoisotopic (exact) mass is 339 g/mol. The van der Waals surface area contributed by atoms with Crippen LogP contribution in [-0.4, -0.2) is 20.9 Å². The third kappa shape index (κ3) is 3.94. The van der Waals surface area contributed by atoms with E-state index in [9.17, 15) is 4.79 Å². The standard InChI is InChI=1S/C17H17N5OS/c1-11-8-14(5-7-19-11)22-16(23)15-17(24-12(2)21-15)20-10-13-4-3-6-18-9-13/h3-9,20H,10H2,1-2H3,(H,19,22,23). The summed E-state index contributed by atoms with van der Waals surface area (Å²) in [5.41, 5.74) is 2.99. The lowest BCUT2D eigenvalue weighted by atomic mass is 10.3. The molecule has 122 valence electrons. The van der Waals surface area contributed by atoms with Crippen molar-refractivity contribution in [3.8, 4) is 0 Å². The largest absolute Gasteiger partial charge is 0.371 e. The van der Waals surface area contributed by atoms with Gasteiger partial charge in [0.2, 0.25) is 0 Å². The van der Waals surface area contributed by atoms with Crippen molar-refractivity contribution in [2.75, 3.05) is 10.6 Å². The first-order chi connectivity index (χ1) is 11.6. The van der Waals surface area contributed by atoms with Gasteiger partial charge in [0.1, 0.15) is 5.00 Å². The van der Waals surface area contributed by atoms with E-state index in [0.717, 1.165) is 21.3 Å². The van der Waals surface area contributed by atoms with Crippen LogP contribution in [0.3, 0.4) is 0 Å². The van der Waals surface area contributed by atoms with Gasteiger partial charge in [0.15, 0.2) is 5.69 Å². The highest BCUT2D eigenvalue weighted by Gasteiger charge is 2.17. The number of pyridine rings is 2. The quantitative estimate of drug-likeness (QED) is 0.744. The maximum absolute atomic E-state index is 12.5. The molecule has 0 aliphatic rings. The van der Waals surface area contributed by atoms with Crippen LogP contribution in [0.2, 0.25) is 0 Å². The Morgan fingerprint density at radius 3 is 2.88 bits per heavy atom. The first-order valence-electron chi connectivity index (χ1n) is 7.46. The van der Waals surface area contributed by atoms with Crippen LogP contribution in [0.4, 0.5) is 10.7 Å². The van der Waals surface area contributed by atoms with Crippen molar-refractivity contribution in [2.45, 2.75) is 20.4 Å². The summed E-state index contributed by atoms with van der Waals surface area (Å²) in [5, 5.41) is 7.72. The molecule has 0 fully saturated rings. The molecule has 0 radical (unpaired) electrons. The van der Waals surface area contributed by atoms with Crippen molar-refractivity contribution in [2.24, 2.45) is 0 Å². The highest BCUT2D eigenvalue weighted by atomic mass is 32.1. The van der Waals surface area contributed by atoms with Crippen LogP contribution < -0.4 is 10.6 Å². The molecule has 0 aliphatic carbocycles. The molecular weight excluding hydrogens is 322 g/mol. The molecule has 3 aromatic heterocycles. The summed E-state index contributed by atoms with van der Waals surface area (Å²) in [7, 11) is 0. The zero-order chi connectivity index (χ0) is 16.9. The number of aromatic nitrogens is 3. The summed E-state index contributed by atoms with van der Waals surface area (Å²) < 4.78 is 0. The summed E-state index contributed by atoms with van der Waals surface area (Å²) in [6.45, 7) is 4.35. The van der Waals surface area contributed by atoms with E-state index in [0.29, 0.717) is 17.9 Å². The summed E-state index contributed by atoms with van der Waals surface area (Å²) in [6, 6.07) is 7.44. The Morgan fingerprint density at radius 1 is 1.25 bits per heavy atom. The number of carbonyl (C=O) groups is 1. The summed E-state index contributed by atoms with van der Waals surface area (Å²) >= 11 is 1.46. The van der Waals surface area contributed by atoms with Crippen LogP contribution in [0.1, 0.15) is 26.8 Å². The second kappa shape index (κ2) is 7.18. The Balaban J connectivity index is 1.74. The number of anilines is 2. The first kappa shape index (κ1) is 16.1. The SMILES string of the molecule is Cc1cc(NC(=O)c2nc(C)sc2NCc2cccnc2)ccn1. The molecule has 0 saturated heterocycles. The van der Waals surface area contributed by atoms with Gasteiger partial charge in [-0.25, -0.2) is 4.98 Å². The van der Waals surface area contributed by atoms with Crippen molar-refractivity contribution in [3.05, 3.63) is 64.8 Å². The van der Waals surface area contributed by atoms with Crippen molar-refractivity contribution in [3.63, 3.8) is 0 Å². The van der Waals surface area contributed by atoms with E-state index < -0.39 is 0 Å². The number of hydrogen-bond donors (Lipinski definition) is 2. The topological polar surface area (TPSA) is 79.8 Å². The van der Waals surface area contributed by atoms with Crippen LogP contribution >= 0.6 is 11.3 Å². The van der Waals surface area contributed by atoms with E-state index in [1.165, 1.54) is 11.3 Å². The number of nitrogens with zero attached hydrogens (tertiary/aromatic N) is 3. The summed E-state index contributed by atoms with van der Waals surface area (Å²) in [6.07, 6.45) is 5.19. The van der Waals surface area contributed by atoms with Crippen molar-refractivity contribution >= 4 is 27.9 Å². The molecule has 0 aromatic carbocycles. The van der Waals surface area contributed by atoms with Gasteiger partial charge in [0.05, 0.1) is 5.01 Å². The van der Waals surface area contributed by atoms with E-state index in [2.05, 4.69) is 25.6 Å². The molecule has 3 aromatic rings. The lowest BCUT2D eigenvalue weighted by Gasteiger charge is -2.07. The molecular formula is C17H17N5OS. The Kier molecular flexibility index (Phi) is 4.81. The van der Waals surface area contributed by atoms with Gasteiger partial charge in [0.25, 0.3) is 5.91 Å². The van der Waals surface area contributed by atoms with Crippen LogP contribution in [0.25, 0.3) is 0 Å². The molecule has 0 unspecified atom stereocenters. The summed E-state index contributed by atoms with van der Waals surface area (Å²) in [5.74, 6) is -0.237. The number of nitrogens with one attached hydrogen (secondary N) is 2. The molecule has 0 saturated carbocycles. The van der Waals surface area contributed by atoms with Crippen LogP contribution in [-0.2, 0) is 6.54 Å². The third-order valence-electron chi connectivity index (χ3n) is 3.28. The Bertz CT molecular complexity index is 847. The predicted molar refractivity (Wildman–Crippen MR) is 95.3 cm³/mol. The third-order valence-corrected chi connectivity index (χ3v) is 4.21. The molecule has 6 nitrogen and oxygen atoms in total. The van der Waals surface area contributed by atoms with Gasteiger partial charge in [-0.05, 0) is 37.6 Å². The van der Waals surface area contributed by atoms with Gasteiger partial charge in [-0.2, -0.15) is 0 Å². The van der Waals surface area contributed by atoms with Gasteiger partial charge < -0.3 is 10.6 Å². The van der Waals surface area contributed by atoms with Gasteiger partial charge in [-0.1, -0.05) is 6.07 Å². The molecule has 0 aliphatic heterocycles. The number of aryl methyl sites for hydroxylation is 2. The van der Waals surface area contributed by atoms with Gasteiger partial charge in [0, 0.05) is 36.5 Å². The molecule has 3 rings (SSSR count). The smallest absolute Gasteiger partial charge is 0.277 e. The lowest BCUT2D eigenvalue weighted by molar-refractivity contribution is 0.102. The van der Waals surface area contributed by atoms with Gasteiger partial charge in [-0.15, -0.1) is 11.3 Å². The highest BCUT2D eigenvalue weighted by Crippen LogP contribution is 2.25. The number of hydrogen-bond acceptors (Lipinski definition) is 6. The minimum atomic E-state index is -0.237. The molecule has 2 N–H and O–H groups in total. The summed E-state index contributed by atoms with van der Waals surface area (Å²) in [4.78, 5) is 25.1. The van der Waals surface area contributed by atoms with Crippen LogP contribution in [0.15, 0.2) is 42.9 Å². The molecule has 24 heavy (non-hydrogen) atoms. The second-order valence-electron chi connectivity index (χ2n) is 5.27. The number of rotatable bonds is 5. The maximum atomic E-state index is 12.5. The van der Waals surface area contributed by atoms with Crippen LogP contribution in [0, 0.1) is 13.8 Å². The van der Waals surface area contributed by atoms with E-state index >= 15 is 0 Å². The van der Waals surface area contributed by atoms with E-state index in [1.807, 2.05) is 32.0 Å². The molecule has 1 amide bonds. The zero-order valence-corrected chi connectivity index (χ0v) is 14.2. The van der Waals surface area contributed by atoms with E-state index in [-0.39, 0.29) is 5.91 Å². The van der Waals surface area contributed by atoms with Crippen molar-refractivity contribution in [1.82, 2.24) is 15.0 Å². The van der Waals surface area contributed by atoms with E-state index in [1.54, 1.807) is 24.7 Å². The molecule has 0 atom stereocenters. The molecule has 0 spiro atoms. The molecule has 0 bridgehead atoms. The van der Waals surface area contributed by atoms with Crippen molar-refractivity contribution in [1.29, 1.82) is 0 Å². The predicted octanol–water partition coefficient (Wildman–Crippen LogP) is 3.41. The average Bonchev–Trinajstić information content (AvgIpc) is 2.95. The van der Waals surface area contributed by atoms with Gasteiger partial charge >= 0.3 is 0 Å². The highest BCUT2D eigenvalue weighted by molar-refractivity contribution is 7.16. The number of carbonyl (C=O) groups excluding carboxylic acids is 1. The molecule has 7 heteroatoms.